The van der Waals surface area contributed by atoms with Crippen LogP contribution in [-0.4, -0.2) is 25.5 Å². The van der Waals surface area contributed by atoms with Gasteiger partial charge in [0.2, 0.25) is 0 Å². The third kappa shape index (κ3) is 3.47. The van der Waals surface area contributed by atoms with Crippen LogP contribution in [0, 0.1) is 12.8 Å². The largest absolute Gasteiger partial charge is 0.352 e. The van der Waals surface area contributed by atoms with Gasteiger partial charge in [-0.15, -0.1) is 0 Å². The molecule has 0 aliphatic carbocycles. The lowest BCUT2D eigenvalue weighted by Crippen LogP contribution is -2.38. The van der Waals surface area contributed by atoms with E-state index in [2.05, 4.69) is 10.6 Å². The Balaban J connectivity index is 1.90. The van der Waals surface area contributed by atoms with Gasteiger partial charge in [0.25, 0.3) is 5.91 Å². The van der Waals surface area contributed by atoms with Crippen molar-refractivity contribution >= 4 is 17.5 Å². The van der Waals surface area contributed by atoms with Crippen LogP contribution in [0.3, 0.4) is 0 Å². The van der Waals surface area contributed by atoms with E-state index in [-0.39, 0.29) is 5.91 Å². The Kier molecular flexibility index (Phi) is 4.61. The molecule has 1 aromatic carbocycles. The molecule has 2 N–H and O–H groups in total. The fraction of sp³-hybridized carbons (Fsp3) is 0.500. The van der Waals surface area contributed by atoms with Crippen molar-refractivity contribution in [2.24, 2.45) is 5.92 Å². The van der Waals surface area contributed by atoms with Gasteiger partial charge in [-0.3, -0.25) is 4.79 Å². The molecule has 1 aliphatic heterocycles. The van der Waals surface area contributed by atoms with E-state index in [4.69, 9.17) is 11.6 Å². The highest BCUT2D eigenvalue weighted by atomic mass is 35.5. The summed E-state index contributed by atoms with van der Waals surface area (Å²) in [7, 11) is 0. The number of piperidine rings is 1. The summed E-state index contributed by atoms with van der Waals surface area (Å²) in [5.41, 5.74) is 1.62. The van der Waals surface area contributed by atoms with Gasteiger partial charge in [-0.2, -0.15) is 0 Å². The smallest absolute Gasteiger partial charge is 0.252 e. The van der Waals surface area contributed by atoms with Crippen LogP contribution in [0.25, 0.3) is 0 Å². The molecule has 1 fully saturated rings. The molecular formula is C14H19ClN2O. The Morgan fingerprint density at radius 3 is 3.06 bits per heavy atom. The van der Waals surface area contributed by atoms with Crippen LogP contribution < -0.4 is 10.6 Å². The first kappa shape index (κ1) is 13.4. The summed E-state index contributed by atoms with van der Waals surface area (Å²) in [6.45, 7) is 4.76. The van der Waals surface area contributed by atoms with Gasteiger partial charge in [0.15, 0.2) is 0 Å². The SMILES string of the molecule is Cc1ccc(C(=O)NCC2CCCNC2)c(Cl)c1. The molecule has 0 saturated carbocycles. The van der Waals surface area contributed by atoms with Gasteiger partial charge in [-0.25, -0.2) is 0 Å². The number of benzene rings is 1. The van der Waals surface area contributed by atoms with Gasteiger partial charge in [0, 0.05) is 6.54 Å². The second-order valence-corrected chi connectivity index (χ2v) is 5.31. The summed E-state index contributed by atoms with van der Waals surface area (Å²) in [6.07, 6.45) is 2.36. The molecule has 1 saturated heterocycles. The van der Waals surface area contributed by atoms with Crippen molar-refractivity contribution in [3.05, 3.63) is 34.3 Å². The van der Waals surface area contributed by atoms with Gasteiger partial charge in [0.05, 0.1) is 10.6 Å². The molecule has 98 valence electrons. The summed E-state index contributed by atoms with van der Waals surface area (Å²) in [4.78, 5) is 12.0. The second-order valence-electron chi connectivity index (χ2n) is 4.91. The van der Waals surface area contributed by atoms with E-state index in [0.29, 0.717) is 16.5 Å². The number of rotatable bonds is 3. The van der Waals surface area contributed by atoms with Gasteiger partial charge in [0.1, 0.15) is 0 Å². The number of amides is 1. The molecule has 0 radical (unpaired) electrons. The van der Waals surface area contributed by atoms with E-state index in [1.807, 2.05) is 19.1 Å². The fourth-order valence-electron chi connectivity index (χ4n) is 2.23. The molecule has 18 heavy (non-hydrogen) atoms. The zero-order valence-electron chi connectivity index (χ0n) is 10.6. The minimum Gasteiger partial charge on any atom is -0.352 e. The lowest BCUT2D eigenvalue weighted by atomic mass is 9.99. The summed E-state index contributed by atoms with van der Waals surface area (Å²) in [5, 5.41) is 6.83. The predicted octanol–water partition coefficient (Wildman–Crippen LogP) is 2.38. The Bertz CT molecular complexity index is 428. The normalized spacial score (nSPS) is 19.6. The first-order valence-electron chi connectivity index (χ1n) is 6.42. The van der Waals surface area contributed by atoms with E-state index in [1.165, 1.54) is 12.8 Å². The van der Waals surface area contributed by atoms with Crippen LogP contribution in [0.15, 0.2) is 18.2 Å². The Morgan fingerprint density at radius 1 is 1.56 bits per heavy atom. The molecule has 1 heterocycles. The zero-order chi connectivity index (χ0) is 13.0. The number of aryl methyl sites for hydroxylation is 1. The van der Waals surface area contributed by atoms with Crippen molar-refractivity contribution in [2.75, 3.05) is 19.6 Å². The van der Waals surface area contributed by atoms with Crippen molar-refractivity contribution < 1.29 is 4.79 Å². The number of nitrogens with one attached hydrogen (secondary N) is 2. The van der Waals surface area contributed by atoms with Crippen LogP contribution in [0.4, 0.5) is 0 Å². The Morgan fingerprint density at radius 2 is 2.39 bits per heavy atom. The summed E-state index contributed by atoms with van der Waals surface area (Å²) in [5.74, 6) is 0.456. The Labute approximate surface area is 113 Å². The first-order chi connectivity index (χ1) is 8.66. The van der Waals surface area contributed by atoms with Crippen LogP contribution in [0.5, 0.6) is 0 Å². The fourth-order valence-corrected chi connectivity index (χ4v) is 2.56. The van der Waals surface area contributed by atoms with Crippen molar-refractivity contribution in [2.45, 2.75) is 19.8 Å². The number of hydrogen-bond acceptors (Lipinski definition) is 2. The number of carbonyl (C=O) groups excluding carboxylic acids is 1. The highest BCUT2D eigenvalue weighted by molar-refractivity contribution is 6.33. The minimum absolute atomic E-state index is 0.0782. The second kappa shape index (κ2) is 6.21. The van der Waals surface area contributed by atoms with Crippen LogP contribution in [-0.2, 0) is 0 Å². The monoisotopic (exact) mass is 266 g/mol. The highest BCUT2D eigenvalue weighted by Gasteiger charge is 2.15. The molecule has 1 aromatic rings. The molecule has 1 aliphatic rings. The van der Waals surface area contributed by atoms with Crippen molar-refractivity contribution in [1.29, 1.82) is 0 Å². The number of hydrogen-bond donors (Lipinski definition) is 2. The third-order valence-corrected chi connectivity index (χ3v) is 3.63. The van der Waals surface area contributed by atoms with Crippen molar-refractivity contribution in [3.63, 3.8) is 0 Å². The van der Waals surface area contributed by atoms with E-state index in [1.54, 1.807) is 6.07 Å². The summed E-state index contributed by atoms with van der Waals surface area (Å²) < 4.78 is 0. The van der Waals surface area contributed by atoms with Gasteiger partial charge in [-0.05, 0) is 56.5 Å². The Hall–Kier alpha value is -1.06. The predicted molar refractivity (Wildman–Crippen MR) is 74.1 cm³/mol. The van der Waals surface area contributed by atoms with E-state index >= 15 is 0 Å². The molecule has 3 nitrogen and oxygen atoms in total. The van der Waals surface area contributed by atoms with Crippen molar-refractivity contribution in [1.82, 2.24) is 10.6 Å². The molecule has 0 aromatic heterocycles. The molecule has 1 amide bonds. The molecule has 1 atom stereocenters. The van der Waals surface area contributed by atoms with E-state index in [0.717, 1.165) is 25.2 Å². The standard InChI is InChI=1S/C14H19ClN2O/c1-10-4-5-12(13(15)7-10)14(18)17-9-11-3-2-6-16-8-11/h4-5,7,11,16H,2-3,6,8-9H2,1H3,(H,17,18). The van der Waals surface area contributed by atoms with Crippen LogP contribution in [0.1, 0.15) is 28.8 Å². The van der Waals surface area contributed by atoms with Crippen LogP contribution in [0.2, 0.25) is 5.02 Å². The van der Waals surface area contributed by atoms with Gasteiger partial charge >= 0.3 is 0 Å². The topological polar surface area (TPSA) is 41.1 Å². The minimum atomic E-state index is -0.0782. The average molecular weight is 267 g/mol. The molecule has 1 unspecified atom stereocenters. The van der Waals surface area contributed by atoms with E-state index in [9.17, 15) is 4.79 Å². The molecular weight excluding hydrogens is 248 g/mol. The van der Waals surface area contributed by atoms with E-state index < -0.39 is 0 Å². The molecule has 0 spiro atoms. The highest BCUT2D eigenvalue weighted by Crippen LogP contribution is 2.17. The average Bonchev–Trinajstić information content (AvgIpc) is 2.37. The van der Waals surface area contributed by atoms with Crippen LogP contribution >= 0.6 is 11.6 Å². The van der Waals surface area contributed by atoms with Crippen molar-refractivity contribution in [3.8, 4) is 0 Å². The number of halogens is 1. The maximum absolute atomic E-state index is 12.0. The summed E-state index contributed by atoms with van der Waals surface area (Å²) in [6, 6.07) is 5.51. The first-order valence-corrected chi connectivity index (χ1v) is 6.79. The maximum atomic E-state index is 12.0. The lowest BCUT2D eigenvalue weighted by Gasteiger charge is -2.22. The maximum Gasteiger partial charge on any atom is 0.252 e. The summed E-state index contributed by atoms with van der Waals surface area (Å²) >= 11 is 6.07. The zero-order valence-corrected chi connectivity index (χ0v) is 11.4. The quantitative estimate of drug-likeness (QED) is 0.882. The molecule has 4 heteroatoms. The molecule has 2 rings (SSSR count). The lowest BCUT2D eigenvalue weighted by molar-refractivity contribution is 0.0945. The third-order valence-electron chi connectivity index (χ3n) is 3.32. The van der Waals surface area contributed by atoms with Gasteiger partial charge in [-0.1, -0.05) is 17.7 Å². The number of carbonyl (C=O) groups is 1. The molecule has 0 bridgehead atoms. The van der Waals surface area contributed by atoms with Gasteiger partial charge < -0.3 is 10.6 Å².